The van der Waals surface area contributed by atoms with Gasteiger partial charge >= 0.3 is 0 Å². The Balaban J connectivity index is 1.95. The number of hydrogen-bond donors (Lipinski definition) is 2. The lowest BCUT2D eigenvalue weighted by molar-refractivity contribution is 0.0821. The summed E-state index contributed by atoms with van der Waals surface area (Å²) in [6.07, 6.45) is 5.78. The van der Waals surface area contributed by atoms with Crippen molar-refractivity contribution in [2.75, 3.05) is 18.6 Å². The van der Waals surface area contributed by atoms with Crippen LogP contribution in [0.3, 0.4) is 0 Å². The van der Waals surface area contributed by atoms with Crippen LogP contribution in [0.2, 0.25) is 0 Å². The number of hydrogen-bond acceptors (Lipinski definition) is 3. The third kappa shape index (κ3) is 3.98. The zero-order valence-electron chi connectivity index (χ0n) is 12.2. The van der Waals surface area contributed by atoms with Gasteiger partial charge in [0.15, 0.2) is 0 Å². The molecule has 0 bridgehead atoms. The first-order chi connectivity index (χ1) is 9.02. The van der Waals surface area contributed by atoms with Gasteiger partial charge in [0.1, 0.15) is 0 Å². The van der Waals surface area contributed by atoms with Crippen molar-refractivity contribution in [1.82, 2.24) is 5.32 Å². The van der Waals surface area contributed by atoms with Crippen LogP contribution in [0.5, 0.6) is 0 Å². The standard InChI is InChI=1S/C16H25NOS/c1-12(17-10-16(2,18)11-19-3)14-8-7-13-5-4-6-15(13)9-14/h7-9,12,17-18H,4-6,10-11H2,1-3H3. The lowest BCUT2D eigenvalue weighted by Crippen LogP contribution is -2.40. The first-order valence-corrected chi connectivity index (χ1v) is 8.47. The molecule has 2 unspecified atom stereocenters. The summed E-state index contributed by atoms with van der Waals surface area (Å²) >= 11 is 1.68. The molecule has 19 heavy (non-hydrogen) atoms. The first kappa shape index (κ1) is 14.9. The number of benzene rings is 1. The molecule has 2 rings (SSSR count). The molecular formula is C16H25NOS. The van der Waals surface area contributed by atoms with Crippen molar-refractivity contribution in [3.8, 4) is 0 Å². The highest BCUT2D eigenvalue weighted by atomic mass is 32.2. The molecule has 1 aliphatic rings. The summed E-state index contributed by atoms with van der Waals surface area (Å²) in [6.45, 7) is 4.70. The SMILES string of the molecule is CSCC(C)(O)CNC(C)c1ccc2c(c1)CCC2. The van der Waals surface area contributed by atoms with Crippen molar-refractivity contribution in [2.24, 2.45) is 0 Å². The van der Waals surface area contributed by atoms with Crippen LogP contribution in [0.4, 0.5) is 0 Å². The summed E-state index contributed by atoms with van der Waals surface area (Å²) in [5.74, 6) is 0.761. The normalized spacial score (nSPS) is 18.9. The minimum absolute atomic E-state index is 0.291. The molecule has 2 atom stereocenters. The molecule has 0 heterocycles. The zero-order valence-corrected chi connectivity index (χ0v) is 13.0. The Kier molecular flexibility index (Phi) is 4.93. The Morgan fingerprint density at radius 2 is 2.11 bits per heavy atom. The van der Waals surface area contributed by atoms with Crippen LogP contribution in [0, 0.1) is 0 Å². The van der Waals surface area contributed by atoms with Crippen molar-refractivity contribution in [1.29, 1.82) is 0 Å². The first-order valence-electron chi connectivity index (χ1n) is 7.08. The molecule has 0 fully saturated rings. The van der Waals surface area contributed by atoms with Crippen molar-refractivity contribution in [3.05, 3.63) is 34.9 Å². The second-order valence-electron chi connectivity index (χ2n) is 5.91. The minimum Gasteiger partial charge on any atom is -0.388 e. The maximum Gasteiger partial charge on any atom is 0.0833 e. The van der Waals surface area contributed by atoms with Gasteiger partial charge < -0.3 is 10.4 Å². The fraction of sp³-hybridized carbons (Fsp3) is 0.625. The van der Waals surface area contributed by atoms with Crippen molar-refractivity contribution >= 4 is 11.8 Å². The van der Waals surface area contributed by atoms with E-state index in [-0.39, 0.29) is 0 Å². The number of aryl methyl sites for hydroxylation is 2. The van der Waals surface area contributed by atoms with E-state index in [0.29, 0.717) is 12.6 Å². The van der Waals surface area contributed by atoms with Gasteiger partial charge in [-0.1, -0.05) is 18.2 Å². The van der Waals surface area contributed by atoms with Crippen molar-refractivity contribution in [3.63, 3.8) is 0 Å². The van der Waals surface area contributed by atoms with E-state index in [9.17, 15) is 5.11 Å². The quantitative estimate of drug-likeness (QED) is 0.840. The highest BCUT2D eigenvalue weighted by Crippen LogP contribution is 2.25. The molecular weight excluding hydrogens is 254 g/mol. The molecule has 1 aliphatic carbocycles. The van der Waals surface area contributed by atoms with E-state index < -0.39 is 5.60 Å². The van der Waals surface area contributed by atoms with Gasteiger partial charge in [-0.15, -0.1) is 0 Å². The monoisotopic (exact) mass is 279 g/mol. The third-order valence-corrected chi connectivity index (χ3v) is 4.78. The maximum atomic E-state index is 10.2. The largest absolute Gasteiger partial charge is 0.388 e. The molecule has 3 heteroatoms. The van der Waals surface area contributed by atoms with E-state index in [1.807, 2.05) is 13.2 Å². The molecule has 1 aromatic rings. The molecule has 2 nitrogen and oxygen atoms in total. The van der Waals surface area contributed by atoms with E-state index in [0.717, 1.165) is 5.75 Å². The predicted molar refractivity (Wildman–Crippen MR) is 83.9 cm³/mol. The Morgan fingerprint density at radius 3 is 2.84 bits per heavy atom. The van der Waals surface area contributed by atoms with E-state index in [1.54, 1.807) is 11.8 Å². The Labute approximate surface area is 121 Å². The second-order valence-corrected chi connectivity index (χ2v) is 6.78. The van der Waals surface area contributed by atoms with Crippen LogP contribution in [0.25, 0.3) is 0 Å². The van der Waals surface area contributed by atoms with E-state index in [1.165, 1.54) is 36.0 Å². The minimum atomic E-state index is -0.635. The molecule has 1 aromatic carbocycles. The number of nitrogens with one attached hydrogen (secondary N) is 1. The van der Waals surface area contributed by atoms with Gasteiger partial charge in [-0.05, 0) is 56.1 Å². The average Bonchev–Trinajstić information content (AvgIpc) is 2.83. The van der Waals surface area contributed by atoms with Gasteiger partial charge in [-0.25, -0.2) is 0 Å². The predicted octanol–water partition coefficient (Wildman–Crippen LogP) is 2.94. The molecule has 0 aliphatic heterocycles. The lowest BCUT2D eigenvalue weighted by Gasteiger charge is -2.25. The molecule has 2 N–H and O–H groups in total. The summed E-state index contributed by atoms with van der Waals surface area (Å²) in [7, 11) is 0. The summed E-state index contributed by atoms with van der Waals surface area (Å²) in [6, 6.07) is 7.13. The summed E-state index contributed by atoms with van der Waals surface area (Å²) in [4.78, 5) is 0. The van der Waals surface area contributed by atoms with Gasteiger partial charge in [0.25, 0.3) is 0 Å². The van der Waals surface area contributed by atoms with Crippen LogP contribution in [0.15, 0.2) is 18.2 Å². The van der Waals surface area contributed by atoms with Gasteiger partial charge in [0.2, 0.25) is 0 Å². The zero-order chi connectivity index (χ0) is 13.9. The lowest BCUT2D eigenvalue weighted by atomic mass is 10.0. The number of fused-ring (bicyclic) bond motifs is 1. The topological polar surface area (TPSA) is 32.3 Å². The Hall–Kier alpha value is -0.510. The van der Waals surface area contributed by atoms with Crippen LogP contribution in [0.1, 0.15) is 43.0 Å². The highest BCUT2D eigenvalue weighted by molar-refractivity contribution is 7.98. The second kappa shape index (κ2) is 6.29. The van der Waals surface area contributed by atoms with Crippen molar-refractivity contribution < 1.29 is 5.11 Å². The summed E-state index contributed by atoms with van der Waals surface area (Å²) in [5.41, 5.74) is 3.73. The molecule has 106 valence electrons. The van der Waals surface area contributed by atoms with Crippen LogP contribution in [-0.2, 0) is 12.8 Å². The van der Waals surface area contributed by atoms with Crippen molar-refractivity contribution in [2.45, 2.75) is 44.8 Å². The Morgan fingerprint density at radius 1 is 1.37 bits per heavy atom. The van der Waals surface area contributed by atoms with Crippen LogP contribution < -0.4 is 5.32 Å². The molecule has 0 amide bonds. The highest BCUT2D eigenvalue weighted by Gasteiger charge is 2.21. The van der Waals surface area contributed by atoms with Gasteiger partial charge in [0, 0.05) is 18.3 Å². The van der Waals surface area contributed by atoms with E-state index in [4.69, 9.17) is 0 Å². The smallest absolute Gasteiger partial charge is 0.0833 e. The number of thioether (sulfide) groups is 1. The Bertz CT molecular complexity index is 431. The summed E-state index contributed by atoms with van der Waals surface area (Å²) < 4.78 is 0. The van der Waals surface area contributed by atoms with Gasteiger partial charge in [0.05, 0.1) is 5.60 Å². The third-order valence-electron chi connectivity index (χ3n) is 3.87. The number of rotatable bonds is 6. The average molecular weight is 279 g/mol. The van der Waals surface area contributed by atoms with Gasteiger partial charge in [-0.3, -0.25) is 0 Å². The van der Waals surface area contributed by atoms with E-state index >= 15 is 0 Å². The molecule has 0 saturated carbocycles. The molecule has 0 spiro atoms. The molecule has 0 radical (unpaired) electrons. The fourth-order valence-electron chi connectivity index (χ4n) is 2.71. The fourth-order valence-corrected chi connectivity index (χ4v) is 3.44. The molecule has 0 aromatic heterocycles. The van der Waals surface area contributed by atoms with E-state index in [2.05, 4.69) is 30.4 Å². The van der Waals surface area contributed by atoms with Gasteiger partial charge in [-0.2, -0.15) is 11.8 Å². The van der Waals surface area contributed by atoms with Crippen LogP contribution in [-0.4, -0.2) is 29.3 Å². The van der Waals surface area contributed by atoms with Crippen LogP contribution >= 0.6 is 11.8 Å². The summed E-state index contributed by atoms with van der Waals surface area (Å²) in [5, 5.41) is 13.6. The maximum absolute atomic E-state index is 10.2. The molecule has 0 saturated heterocycles. The number of aliphatic hydroxyl groups is 1.